The number of benzene rings is 1. The van der Waals surface area contributed by atoms with Crippen molar-refractivity contribution < 1.29 is 4.74 Å². The molecule has 0 spiro atoms. The first-order valence-electron chi connectivity index (χ1n) is 6.26. The van der Waals surface area contributed by atoms with Gasteiger partial charge in [-0.3, -0.25) is 0 Å². The third kappa shape index (κ3) is 1.96. The van der Waals surface area contributed by atoms with Crippen LogP contribution in [0, 0.1) is 0 Å². The lowest BCUT2D eigenvalue weighted by molar-refractivity contribution is -0.0297. The Labute approximate surface area is 99.8 Å². The van der Waals surface area contributed by atoms with Crippen LogP contribution in [0.15, 0.2) is 30.3 Å². The van der Waals surface area contributed by atoms with Crippen LogP contribution in [-0.4, -0.2) is 14.7 Å². The minimum absolute atomic E-state index is 0.0481. The average molecular weight is 234 g/mol. The van der Waals surface area contributed by atoms with Gasteiger partial charge in [0.2, 0.25) is 0 Å². The summed E-state index contributed by atoms with van der Waals surface area (Å²) in [5.41, 5.74) is 1.40. The lowest BCUT2D eigenvalue weighted by Gasteiger charge is -2.46. The van der Waals surface area contributed by atoms with Gasteiger partial charge in [0.25, 0.3) is 0 Å². The lowest BCUT2D eigenvalue weighted by atomic mass is 10.0. The molecule has 1 aliphatic heterocycles. The van der Waals surface area contributed by atoms with Crippen molar-refractivity contribution in [3.05, 3.63) is 35.9 Å². The molecule has 88 valence electrons. The van der Waals surface area contributed by atoms with Gasteiger partial charge in [-0.1, -0.05) is 50.0 Å². The summed E-state index contributed by atoms with van der Waals surface area (Å²) in [6, 6.07) is 10.8. The van der Waals surface area contributed by atoms with Crippen LogP contribution >= 0.6 is 0 Å². The predicted molar refractivity (Wildman–Crippen MR) is 71.3 cm³/mol. The predicted octanol–water partition coefficient (Wildman–Crippen LogP) is 3.96. The molecule has 0 amide bonds. The zero-order valence-corrected chi connectivity index (χ0v) is 11.6. The standard InChI is InChI=1S/C14H22OSi/c1-16(2,3)14(11-7-8-12-15-14)13-9-5-4-6-10-13/h4-6,9-10H,7-8,11-12H2,1-3H3. The van der Waals surface area contributed by atoms with E-state index in [-0.39, 0.29) is 5.22 Å². The molecule has 2 heteroatoms. The topological polar surface area (TPSA) is 9.23 Å². The molecule has 0 aliphatic carbocycles. The van der Waals surface area contributed by atoms with Crippen LogP contribution in [0.2, 0.25) is 19.6 Å². The third-order valence-electron chi connectivity index (χ3n) is 3.72. The molecular weight excluding hydrogens is 212 g/mol. The maximum atomic E-state index is 6.28. The van der Waals surface area contributed by atoms with Crippen LogP contribution in [0.3, 0.4) is 0 Å². The summed E-state index contributed by atoms with van der Waals surface area (Å²) in [6.45, 7) is 8.20. The minimum atomic E-state index is -1.37. The Bertz CT molecular complexity index is 334. The van der Waals surface area contributed by atoms with E-state index < -0.39 is 8.07 Å². The van der Waals surface area contributed by atoms with Crippen LogP contribution in [0.25, 0.3) is 0 Å². The molecule has 2 rings (SSSR count). The Balaban J connectivity index is 2.42. The van der Waals surface area contributed by atoms with Gasteiger partial charge in [0.1, 0.15) is 0 Å². The molecule has 0 radical (unpaired) electrons. The van der Waals surface area contributed by atoms with Crippen molar-refractivity contribution in [2.24, 2.45) is 0 Å². The molecule has 0 bridgehead atoms. The van der Waals surface area contributed by atoms with Gasteiger partial charge >= 0.3 is 0 Å². The van der Waals surface area contributed by atoms with E-state index in [1.165, 1.54) is 24.8 Å². The van der Waals surface area contributed by atoms with Gasteiger partial charge < -0.3 is 4.74 Å². The second-order valence-corrected chi connectivity index (χ2v) is 11.1. The average Bonchev–Trinajstić information content (AvgIpc) is 2.30. The highest BCUT2D eigenvalue weighted by molar-refractivity contribution is 6.78. The normalized spacial score (nSPS) is 26.7. The molecule has 1 aliphatic rings. The third-order valence-corrected chi connectivity index (χ3v) is 6.83. The van der Waals surface area contributed by atoms with Crippen LogP contribution in [-0.2, 0) is 9.96 Å². The fourth-order valence-corrected chi connectivity index (χ4v) is 5.25. The van der Waals surface area contributed by atoms with Crippen molar-refractivity contribution >= 4 is 8.07 Å². The molecule has 1 aromatic carbocycles. The molecular formula is C14H22OSi. The summed E-state index contributed by atoms with van der Waals surface area (Å²) >= 11 is 0. The van der Waals surface area contributed by atoms with E-state index in [4.69, 9.17) is 4.74 Å². The first-order valence-corrected chi connectivity index (χ1v) is 9.76. The summed E-state index contributed by atoms with van der Waals surface area (Å²) in [7, 11) is -1.37. The van der Waals surface area contributed by atoms with Crippen molar-refractivity contribution in [2.45, 2.75) is 44.1 Å². The summed E-state index contributed by atoms with van der Waals surface area (Å²) in [5, 5.41) is 0.0481. The van der Waals surface area contributed by atoms with E-state index in [1.54, 1.807) is 0 Å². The van der Waals surface area contributed by atoms with E-state index in [0.717, 1.165) is 6.61 Å². The Kier molecular flexibility index (Phi) is 3.22. The summed E-state index contributed by atoms with van der Waals surface area (Å²) in [5.74, 6) is 0. The molecule has 1 nitrogen and oxygen atoms in total. The molecule has 1 aromatic rings. The number of hydrogen-bond acceptors (Lipinski definition) is 1. The van der Waals surface area contributed by atoms with Gasteiger partial charge in [0, 0.05) is 6.61 Å². The molecule has 1 atom stereocenters. The van der Waals surface area contributed by atoms with E-state index in [0.29, 0.717) is 0 Å². The van der Waals surface area contributed by atoms with Crippen LogP contribution in [0.5, 0.6) is 0 Å². The number of hydrogen-bond donors (Lipinski definition) is 0. The Morgan fingerprint density at radius 2 is 1.75 bits per heavy atom. The second kappa shape index (κ2) is 4.34. The Morgan fingerprint density at radius 3 is 2.25 bits per heavy atom. The summed E-state index contributed by atoms with van der Waals surface area (Å²) in [4.78, 5) is 0. The maximum absolute atomic E-state index is 6.28. The first-order chi connectivity index (χ1) is 7.56. The van der Waals surface area contributed by atoms with Crippen molar-refractivity contribution in [3.63, 3.8) is 0 Å². The number of ether oxygens (including phenoxy) is 1. The van der Waals surface area contributed by atoms with Gasteiger partial charge in [-0.05, 0) is 24.8 Å². The van der Waals surface area contributed by atoms with Crippen molar-refractivity contribution in [1.82, 2.24) is 0 Å². The smallest absolute Gasteiger partial charge is 0.0881 e. The van der Waals surface area contributed by atoms with E-state index in [9.17, 15) is 0 Å². The fourth-order valence-electron chi connectivity index (χ4n) is 2.75. The molecule has 0 N–H and O–H groups in total. The quantitative estimate of drug-likeness (QED) is 0.704. The Hall–Kier alpha value is -0.603. The Morgan fingerprint density at radius 1 is 1.06 bits per heavy atom. The molecule has 1 heterocycles. The van der Waals surface area contributed by atoms with Crippen LogP contribution in [0.4, 0.5) is 0 Å². The molecule has 0 aromatic heterocycles. The van der Waals surface area contributed by atoms with Crippen molar-refractivity contribution in [2.75, 3.05) is 6.61 Å². The zero-order chi connectivity index (χ0) is 11.6. The number of rotatable bonds is 2. The molecule has 0 saturated carbocycles. The van der Waals surface area contributed by atoms with Gasteiger partial charge in [0.05, 0.1) is 13.3 Å². The highest BCUT2D eigenvalue weighted by atomic mass is 28.3. The molecule has 1 saturated heterocycles. The highest BCUT2D eigenvalue weighted by Crippen LogP contribution is 2.42. The monoisotopic (exact) mass is 234 g/mol. The van der Waals surface area contributed by atoms with Crippen molar-refractivity contribution in [1.29, 1.82) is 0 Å². The zero-order valence-electron chi connectivity index (χ0n) is 10.6. The van der Waals surface area contributed by atoms with Crippen LogP contribution in [0.1, 0.15) is 24.8 Å². The van der Waals surface area contributed by atoms with Crippen LogP contribution < -0.4 is 0 Å². The fraction of sp³-hybridized carbons (Fsp3) is 0.571. The van der Waals surface area contributed by atoms with Crippen molar-refractivity contribution in [3.8, 4) is 0 Å². The van der Waals surface area contributed by atoms with Gasteiger partial charge in [-0.25, -0.2) is 0 Å². The lowest BCUT2D eigenvalue weighted by Crippen LogP contribution is -2.53. The second-order valence-electron chi connectivity index (χ2n) is 5.75. The van der Waals surface area contributed by atoms with Gasteiger partial charge in [-0.15, -0.1) is 0 Å². The largest absolute Gasteiger partial charge is 0.374 e. The van der Waals surface area contributed by atoms with Gasteiger partial charge in [-0.2, -0.15) is 0 Å². The van der Waals surface area contributed by atoms with E-state index >= 15 is 0 Å². The SMILES string of the molecule is C[Si](C)(C)C1(c2ccccc2)CCCCO1. The molecule has 16 heavy (non-hydrogen) atoms. The highest BCUT2D eigenvalue weighted by Gasteiger charge is 2.46. The maximum Gasteiger partial charge on any atom is 0.0881 e. The van der Waals surface area contributed by atoms with E-state index in [1.807, 2.05) is 0 Å². The summed E-state index contributed by atoms with van der Waals surface area (Å²) in [6.07, 6.45) is 3.73. The first kappa shape index (κ1) is 11.9. The molecule has 1 unspecified atom stereocenters. The summed E-state index contributed by atoms with van der Waals surface area (Å²) < 4.78 is 6.28. The molecule has 1 fully saturated rings. The minimum Gasteiger partial charge on any atom is -0.374 e. The van der Waals surface area contributed by atoms with Gasteiger partial charge in [0.15, 0.2) is 0 Å². The van der Waals surface area contributed by atoms with E-state index in [2.05, 4.69) is 50.0 Å².